The molecular formula is C6H5N3O2. The first-order valence-corrected chi connectivity index (χ1v) is 3.00. The van der Waals surface area contributed by atoms with Gasteiger partial charge in [-0.15, -0.1) is 0 Å². The van der Waals surface area contributed by atoms with Crippen LogP contribution in [-0.4, -0.2) is 25.4 Å². The first-order chi connectivity index (χ1) is 5.27. The van der Waals surface area contributed by atoms with Crippen molar-refractivity contribution in [2.45, 2.75) is 0 Å². The summed E-state index contributed by atoms with van der Waals surface area (Å²) in [5.41, 5.74) is 0.810. The highest BCUT2D eigenvalue weighted by molar-refractivity contribution is 5.80. The zero-order chi connectivity index (χ0) is 7.84. The third-order valence-corrected chi connectivity index (χ3v) is 1.36. The Balaban J connectivity index is 2.91. The summed E-state index contributed by atoms with van der Waals surface area (Å²) < 4.78 is 0. The third-order valence-electron chi connectivity index (χ3n) is 1.36. The molecule has 2 aromatic rings. The maximum Gasteiger partial charge on any atom is 0.215 e. The second-order valence-electron chi connectivity index (χ2n) is 2.12. The summed E-state index contributed by atoms with van der Waals surface area (Å²) in [5.74, 6) is -0.287. The van der Waals surface area contributed by atoms with Gasteiger partial charge in [-0.05, 0) is 0 Å². The predicted molar refractivity (Wildman–Crippen MR) is 37.2 cm³/mol. The second kappa shape index (κ2) is 1.85. The van der Waals surface area contributed by atoms with Crippen LogP contribution in [0.4, 0.5) is 0 Å². The maximum atomic E-state index is 9.16. The summed E-state index contributed by atoms with van der Waals surface area (Å²) in [5, 5.41) is 24.3. The number of aromatic hydroxyl groups is 2. The highest BCUT2D eigenvalue weighted by atomic mass is 16.3. The van der Waals surface area contributed by atoms with Crippen molar-refractivity contribution < 1.29 is 10.2 Å². The molecule has 2 heterocycles. The molecule has 3 N–H and O–H groups in total. The molecule has 0 saturated carbocycles. The van der Waals surface area contributed by atoms with Gasteiger partial charge < -0.3 is 10.2 Å². The van der Waals surface area contributed by atoms with Gasteiger partial charge in [0.15, 0.2) is 11.3 Å². The summed E-state index contributed by atoms with van der Waals surface area (Å²) >= 11 is 0. The number of fused-ring (bicyclic) bond motifs is 1. The summed E-state index contributed by atoms with van der Waals surface area (Å²) in [4.78, 5) is 3.70. The average Bonchev–Trinajstić information content (AvgIpc) is 2.34. The highest BCUT2D eigenvalue weighted by Crippen LogP contribution is 2.23. The number of rotatable bonds is 0. The molecule has 5 nitrogen and oxygen atoms in total. The largest absolute Gasteiger partial charge is 0.505 e. The summed E-state index contributed by atoms with van der Waals surface area (Å²) in [6.07, 6.45) is 1.49. The molecule has 0 unspecified atom stereocenters. The van der Waals surface area contributed by atoms with Gasteiger partial charge in [0.2, 0.25) is 5.88 Å². The zero-order valence-corrected chi connectivity index (χ0v) is 5.44. The number of hydrogen-bond acceptors (Lipinski definition) is 4. The molecule has 0 aliphatic carbocycles. The van der Waals surface area contributed by atoms with Crippen molar-refractivity contribution in [3.63, 3.8) is 0 Å². The number of nitrogens with one attached hydrogen (secondary N) is 1. The van der Waals surface area contributed by atoms with Crippen LogP contribution in [0.3, 0.4) is 0 Å². The quantitative estimate of drug-likeness (QED) is 0.508. The molecule has 5 heteroatoms. The van der Waals surface area contributed by atoms with E-state index in [1.54, 1.807) is 0 Å². The molecule has 0 aliphatic heterocycles. The van der Waals surface area contributed by atoms with E-state index in [9.17, 15) is 0 Å². The van der Waals surface area contributed by atoms with Crippen molar-refractivity contribution in [1.82, 2.24) is 15.2 Å². The van der Waals surface area contributed by atoms with E-state index >= 15 is 0 Å². The smallest absolute Gasteiger partial charge is 0.215 e. The fourth-order valence-electron chi connectivity index (χ4n) is 0.904. The Bertz CT molecular complexity index is 396. The second-order valence-corrected chi connectivity index (χ2v) is 2.12. The zero-order valence-electron chi connectivity index (χ0n) is 5.44. The molecular weight excluding hydrogens is 146 g/mol. The van der Waals surface area contributed by atoms with E-state index in [4.69, 9.17) is 10.2 Å². The van der Waals surface area contributed by atoms with Crippen LogP contribution in [0.25, 0.3) is 11.0 Å². The van der Waals surface area contributed by atoms with E-state index in [0.717, 1.165) is 6.07 Å². The Morgan fingerprint density at radius 1 is 1.36 bits per heavy atom. The van der Waals surface area contributed by atoms with Crippen molar-refractivity contribution in [2.24, 2.45) is 0 Å². The molecule has 2 rings (SSSR count). The molecule has 0 fully saturated rings. The maximum absolute atomic E-state index is 9.16. The molecule has 0 aliphatic rings. The van der Waals surface area contributed by atoms with Crippen molar-refractivity contribution in [3.8, 4) is 11.6 Å². The molecule has 2 aromatic heterocycles. The Hall–Kier alpha value is -1.78. The van der Waals surface area contributed by atoms with Crippen molar-refractivity contribution >= 4 is 11.0 Å². The summed E-state index contributed by atoms with van der Waals surface area (Å²) in [6.45, 7) is 0. The van der Waals surface area contributed by atoms with Crippen LogP contribution in [0, 0.1) is 0 Å². The Labute approximate surface area is 61.3 Å². The number of nitrogens with zero attached hydrogens (tertiary/aromatic N) is 2. The Morgan fingerprint density at radius 2 is 2.18 bits per heavy atom. The van der Waals surface area contributed by atoms with Crippen LogP contribution < -0.4 is 0 Å². The van der Waals surface area contributed by atoms with Gasteiger partial charge in [0, 0.05) is 12.3 Å². The molecule has 0 radical (unpaired) electrons. The van der Waals surface area contributed by atoms with Gasteiger partial charge in [-0.2, -0.15) is 5.10 Å². The minimum absolute atomic E-state index is 0.0752. The summed E-state index contributed by atoms with van der Waals surface area (Å²) in [7, 11) is 0. The molecule has 11 heavy (non-hydrogen) atoms. The van der Waals surface area contributed by atoms with E-state index in [1.165, 1.54) is 6.20 Å². The van der Waals surface area contributed by atoms with E-state index in [0.29, 0.717) is 11.0 Å². The van der Waals surface area contributed by atoms with Gasteiger partial charge in [0.25, 0.3) is 0 Å². The lowest BCUT2D eigenvalue weighted by molar-refractivity contribution is 0.440. The molecule has 0 atom stereocenters. The normalized spacial score (nSPS) is 10.5. The number of hydrogen-bond donors (Lipinski definition) is 3. The average molecular weight is 151 g/mol. The molecule has 0 saturated heterocycles. The number of aromatic nitrogens is 3. The molecule has 56 valence electrons. The van der Waals surface area contributed by atoms with Gasteiger partial charge in [0.1, 0.15) is 5.52 Å². The minimum atomic E-state index is -0.212. The highest BCUT2D eigenvalue weighted by Gasteiger charge is 2.04. The molecule has 0 aromatic carbocycles. The van der Waals surface area contributed by atoms with E-state index < -0.39 is 0 Å². The molecule has 0 amide bonds. The third kappa shape index (κ3) is 0.778. The first-order valence-electron chi connectivity index (χ1n) is 3.00. The Morgan fingerprint density at radius 3 is 3.00 bits per heavy atom. The first kappa shape index (κ1) is 5.96. The molecule has 0 bridgehead atoms. The number of pyridine rings is 1. The standard InChI is InChI=1S/C6H5N3O2/c10-4-1-5(11)8-3-2-7-9-6(3)4/h1-2H,(H,7,9)(H2,8,10,11). The molecule has 0 spiro atoms. The van der Waals surface area contributed by atoms with Crippen LogP contribution in [0.5, 0.6) is 11.6 Å². The van der Waals surface area contributed by atoms with Crippen LogP contribution in [0.2, 0.25) is 0 Å². The minimum Gasteiger partial charge on any atom is -0.505 e. The van der Waals surface area contributed by atoms with Crippen molar-refractivity contribution in [1.29, 1.82) is 0 Å². The number of aromatic amines is 1. The monoisotopic (exact) mass is 151 g/mol. The fraction of sp³-hybridized carbons (Fsp3) is 0. The Kier molecular flexibility index (Phi) is 1.00. The topological polar surface area (TPSA) is 82.0 Å². The number of H-pyrrole nitrogens is 1. The van der Waals surface area contributed by atoms with Crippen molar-refractivity contribution in [2.75, 3.05) is 0 Å². The van der Waals surface area contributed by atoms with Gasteiger partial charge in [0.05, 0.1) is 0 Å². The van der Waals surface area contributed by atoms with Crippen LogP contribution in [-0.2, 0) is 0 Å². The SMILES string of the molecule is Oc1cc(O)c2n[nH]cc2n1. The predicted octanol–water partition coefficient (Wildman–Crippen LogP) is 0.369. The van der Waals surface area contributed by atoms with Crippen LogP contribution in [0.1, 0.15) is 0 Å². The lowest BCUT2D eigenvalue weighted by Crippen LogP contribution is -1.76. The van der Waals surface area contributed by atoms with Gasteiger partial charge in [-0.3, -0.25) is 5.10 Å². The van der Waals surface area contributed by atoms with E-state index in [2.05, 4.69) is 15.2 Å². The lowest BCUT2D eigenvalue weighted by atomic mass is 10.3. The van der Waals surface area contributed by atoms with E-state index in [1.807, 2.05) is 0 Å². The van der Waals surface area contributed by atoms with Gasteiger partial charge in [-0.25, -0.2) is 4.98 Å². The fourth-order valence-corrected chi connectivity index (χ4v) is 0.904. The van der Waals surface area contributed by atoms with Crippen molar-refractivity contribution in [3.05, 3.63) is 12.3 Å². The van der Waals surface area contributed by atoms with Crippen LogP contribution in [0.15, 0.2) is 12.3 Å². The van der Waals surface area contributed by atoms with Gasteiger partial charge >= 0.3 is 0 Å². The van der Waals surface area contributed by atoms with Gasteiger partial charge in [-0.1, -0.05) is 0 Å². The lowest BCUT2D eigenvalue weighted by Gasteiger charge is -1.92. The van der Waals surface area contributed by atoms with E-state index in [-0.39, 0.29) is 11.6 Å². The summed E-state index contributed by atoms with van der Waals surface area (Å²) in [6, 6.07) is 1.14. The van der Waals surface area contributed by atoms with Crippen LogP contribution >= 0.6 is 0 Å².